The van der Waals surface area contributed by atoms with Gasteiger partial charge < -0.3 is 16.4 Å². The summed E-state index contributed by atoms with van der Waals surface area (Å²) in [5.74, 6) is 0.752. The zero-order chi connectivity index (χ0) is 12.4. The topological polar surface area (TPSA) is 81.1 Å². The van der Waals surface area contributed by atoms with Crippen molar-refractivity contribution in [1.29, 1.82) is 0 Å². The number of rotatable bonds is 2. The van der Waals surface area contributed by atoms with E-state index in [-0.39, 0.29) is 0 Å². The van der Waals surface area contributed by atoms with Crippen molar-refractivity contribution >= 4 is 17.3 Å². The second-order valence-corrected chi connectivity index (χ2v) is 4.01. The van der Waals surface area contributed by atoms with Crippen molar-refractivity contribution in [1.82, 2.24) is 10.2 Å². The van der Waals surface area contributed by atoms with Gasteiger partial charge in [-0.15, -0.1) is 10.2 Å². The van der Waals surface area contributed by atoms with Crippen molar-refractivity contribution in [2.45, 2.75) is 0 Å². The summed E-state index contributed by atoms with van der Waals surface area (Å²) in [5.41, 5.74) is 14.3. The second kappa shape index (κ2) is 4.29. The Morgan fingerprint density at radius 1 is 1.00 bits per heavy atom. The standard InChI is InChI=1S/C12H15N5/c1-17(2)9-5-3-8(4-6-9)10-7-11(13)15-16-12(10)14/h3-7H,1-2H3,(H2,13,15)(H2,14,16). The monoisotopic (exact) mass is 229 g/mol. The fourth-order valence-electron chi connectivity index (χ4n) is 1.59. The summed E-state index contributed by atoms with van der Waals surface area (Å²) in [6, 6.07) is 9.74. The molecule has 1 aromatic carbocycles. The minimum atomic E-state index is 0.367. The zero-order valence-corrected chi connectivity index (χ0v) is 9.88. The summed E-state index contributed by atoms with van der Waals surface area (Å²) in [6.45, 7) is 0. The molecule has 0 unspecified atom stereocenters. The van der Waals surface area contributed by atoms with Gasteiger partial charge in [0, 0.05) is 25.3 Å². The summed E-state index contributed by atoms with van der Waals surface area (Å²) < 4.78 is 0. The predicted octanol–water partition coefficient (Wildman–Crippen LogP) is 1.37. The number of benzene rings is 1. The summed E-state index contributed by atoms with van der Waals surface area (Å²) >= 11 is 0. The molecule has 2 aromatic rings. The summed E-state index contributed by atoms with van der Waals surface area (Å²) in [7, 11) is 3.99. The van der Waals surface area contributed by atoms with Gasteiger partial charge in [-0.25, -0.2) is 0 Å². The number of nitrogens with zero attached hydrogens (tertiary/aromatic N) is 3. The first-order valence-electron chi connectivity index (χ1n) is 5.24. The van der Waals surface area contributed by atoms with E-state index in [4.69, 9.17) is 11.5 Å². The highest BCUT2D eigenvalue weighted by atomic mass is 15.2. The van der Waals surface area contributed by atoms with Gasteiger partial charge in [-0.1, -0.05) is 12.1 Å². The predicted molar refractivity (Wildman–Crippen MR) is 70.6 cm³/mol. The van der Waals surface area contributed by atoms with Crippen LogP contribution in [0, 0.1) is 0 Å². The maximum atomic E-state index is 5.78. The van der Waals surface area contributed by atoms with Crippen LogP contribution in [0.4, 0.5) is 17.3 Å². The molecule has 0 aliphatic rings. The summed E-state index contributed by atoms with van der Waals surface area (Å²) in [5, 5.41) is 7.51. The Hall–Kier alpha value is -2.30. The fraction of sp³-hybridized carbons (Fsp3) is 0.167. The number of nitrogens with two attached hydrogens (primary N) is 2. The van der Waals surface area contributed by atoms with Crippen LogP contribution in [0.3, 0.4) is 0 Å². The lowest BCUT2D eigenvalue weighted by Gasteiger charge is -2.13. The smallest absolute Gasteiger partial charge is 0.154 e. The van der Waals surface area contributed by atoms with E-state index in [0.717, 1.165) is 16.8 Å². The normalized spacial score (nSPS) is 10.2. The van der Waals surface area contributed by atoms with Crippen LogP contribution in [0.15, 0.2) is 30.3 Å². The molecule has 0 atom stereocenters. The third-order valence-electron chi connectivity index (χ3n) is 2.54. The van der Waals surface area contributed by atoms with Gasteiger partial charge in [0.2, 0.25) is 0 Å². The van der Waals surface area contributed by atoms with Gasteiger partial charge in [-0.05, 0) is 23.8 Å². The van der Waals surface area contributed by atoms with E-state index < -0.39 is 0 Å². The molecule has 0 aliphatic carbocycles. The van der Waals surface area contributed by atoms with Gasteiger partial charge in [-0.2, -0.15) is 0 Å². The third-order valence-corrected chi connectivity index (χ3v) is 2.54. The van der Waals surface area contributed by atoms with Crippen LogP contribution >= 0.6 is 0 Å². The van der Waals surface area contributed by atoms with Crippen molar-refractivity contribution in [2.24, 2.45) is 0 Å². The first-order chi connectivity index (χ1) is 8.08. The average molecular weight is 229 g/mol. The largest absolute Gasteiger partial charge is 0.382 e. The summed E-state index contributed by atoms with van der Waals surface area (Å²) in [4.78, 5) is 2.03. The van der Waals surface area contributed by atoms with Crippen LogP contribution in [0.5, 0.6) is 0 Å². The highest BCUT2D eigenvalue weighted by molar-refractivity contribution is 5.76. The highest BCUT2D eigenvalue weighted by Crippen LogP contribution is 2.26. The maximum Gasteiger partial charge on any atom is 0.154 e. The molecule has 5 heteroatoms. The molecular weight excluding hydrogens is 214 g/mol. The first-order valence-corrected chi connectivity index (χ1v) is 5.24. The minimum Gasteiger partial charge on any atom is -0.382 e. The first kappa shape index (κ1) is 11.2. The Labute approximate surface area is 100 Å². The minimum absolute atomic E-state index is 0.367. The lowest BCUT2D eigenvalue weighted by Crippen LogP contribution is -2.08. The van der Waals surface area contributed by atoms with Crippen LogP contribution in [0.25, 0.3) is 11.1 Å². The molecule has 0 radical (unpaired) electrons. The van der Waals surface area contributed by atoms with Crippen LogP contribution in [0.1, 0.15) is 0 Å². The molecule has 0 amide bonds. The van der Waals surface area contributed by atoms with Crippen LogP contribution < -0.4 is 16.4 Å². The Morgan fingerprint density at radius 2 is 1.65 bits per heavy atom. The van der Waals surface area contributed by atoms with Crippen LogP contribution in [-0.4, -0.2) is 24.3 Å². The molecule has 17 heavy (non-hydrogen) atoms. The van der Waals surface area contributed by atoms with Crippen molar-refractivity contribution in [3.05, 3.63) is 30.3 Å². The molecule has 2 rings (SSSR count). The van der Waals surface area contributed by atoms with E-state index in [9.17, 15) is 0 Å². The number of nitrogen functional groups attached to an aromatic ring is 2. The Kier molecular flexibility index (Phi) is 2.82. The van der Waals surface area contributed by atoms with Gasteiger partial charge >= 0.3 is 0 Å². The lowest BCUT2D eigenvalue weighted by molar-refractivity contribution is 1.05. The molecule has 0 saturated carbocycles. The average Bonchev–Trinajstić information content (AvgIpc) is 2.32. The van der Waals surface area contributed by atoms with Gasteiger partial charge in [0.15, 0.2) is 5.82 Å². The molecule has 0 spiro atoms. The van der Waals surface area contributed by atoms with E-state index in [0.29, 0.717) is 11.6 Å². The van der Waals surface area contributed by atoms with E-state index in [2.05, 4.69) is 10.2 Å². The molecular formula is C12H15N5. The molecule has 5 nitrogen and oxygen atoms in total. The zero-order valence-electron chi connectivity index (χ0n) is 9.88. The van der Waals surface area contributed by atoms with Crippen molar-refractivity contribution in [2.75, 3.05) is 30.5 Å². The Morgan fingerprint density at radius 3 is 2.24 bits per heavy atom. The molecule has 1 aromatic heterocycles. The Balaban J connectivity index is 2.43. The number of hydrogen-bond acceptors (Lipinski definition) is 5. The van der Waals surface area contributed by atoms with Crippen LogP contribution in [0.2, 0.25) is 0 Å². The fourth-order valence-corrected chi connectivity index (χ4v) is 1.59. The molecule has 4 N–H and O–H groups in total. The van der Waals surface area contributed by atoms with E-state index in [1.807, 2.05) is 43.3 Å². The molecule has 88 valence electrons. The van der Waals surface area contributed by atoms with Crippen molar-refractivity contribution < 1.29 is 0 Å². The number of hydrogen-bond donors (Lipinski definition) is 2. The van der Waals surface area contributed by atoms with Gasteiger partial charge in [0.1, 0.15) is 5.82 Å². The molecule has 0 bridgehead atoms. The molecule has 0 aliphatic heterocycles. The van der Waals surface area contributed by atoms with Gasteiger partial charge in [-0.3, -0.25) is 0 Å². The third kappa shape index (κ3) is 2.28. The van der Waals surface area contributed by atoms with Crippen molar-refractivity contribution in [3.8, 4) is 11.1 Å². The highest BCUT2D eigenvalue weighted by Gasteiger charge is 2.05. The van der Waals surface area contributed by atoms with E-state index in [1.54, 1.807) is 6.07 Å². The number of anilines is 3. The van der Waals surface area contributed by atoms with Crippen LogP contribution in [-0.2, 0) is 0 Å². The van der Waals surface area contributed by atoms with Gasteiger partial charge in [0.05, 0.1) is 0 Å². The van der Waals surface area contributed by atoms with E-state index in [1.165, 1.54) is 0 Å². The molecule has 1 heterocycles. The Bertz CT molecular complexity index is 519. The quantitative estimate of drug-likeness (QED) is 0.813. The summed E-state index contributed by atoms with van der Waals surface area (Å²) in [6.07, 6.45) is 0. The molecule has 0 fully saturated rings. The van der Waals surface area contributed by atoms with Crippen molar-refractivity contribution in [3.63, 3.8) is 0 Å². The van der Waals surface area contributed by atoms with E-state index >= 15 is 0 Å². The second-order valence-electron chi connectivity index (χ2n) is 4.01. The molecule has 0 saturated heterocycles. The van der Waals surface area contributed by atoms with Gasteiger partial charge in [0.25, 0.3) is 0 Å². The lowest BCUT2D eigenvalue weighted by atomic mass is 10.1. The SMILES string of the molecule is CN(C)c1ccc(-c2cc(N)nnc2N)cc1. The number of aromatic nitrogens is 2. The maximum absolute atomic E-state index is 5.78.